The van der Waals surface area contributed by atoms with Crippen LogP contribution in [0.4, 0.5) is 0 Å². The molecular weight excluding hydrogens is 195 g/mol. The van der Waals surface area contributed by atoms with E-state index in [0.717, 1.165) is 6.42 Å². The second-order valence-corrected chi connectivity index (χ2v) is 3.52. The summed E-state index contributed by atoms with van der Waals surface area (Å²) < 4.78 is 1.79. The lowest BCUT2D eigenvalue weighted by Gasteiger charge is -2.06. The maximum Gasteiger partial charge on any atom is 0.0521 e. The van der Waals surface area contributed by atoms with Gasteiger partial charge in [-0.1, -0.05) is 0 Å². The van der Waals surface area contributed by atoms with E-state index in [1.807, 2.05) is 19.4 Å². The van der Waals surface area contributed by atoms with Gasteiger partial charge >= 0.3 is 0 Å². The van der Waals surface area contributed by atoms with Crippen molar-refractivity contribution >= 4 is 23.2 Å². The van der Waals surface area contributed by atoms with Gasteiger partial charge in [0.2, 0.25) is 0 Å². The third-order valence-electron chi connectivity index (χ3n) is 1.72. The van der Waals surface area contributed by atoms with Crippen LogP contribution in [0.15, 0.2) is 12.4 Å². The van der Waals surface area contributed by atoms with Crippen molar-refractivity contribution < 1.29 is 0 Å². The fraction of sp³-hybridized carbons (Fsp3) is 0.625. The van der Waals surface area contributed by atoms with Gasteiger partial charge in [-0.25, -0.2) is 0 Å². The van der Waals surface area contributed by atoms with E-state index in [-0.39, 0.29) is 0 Å². The number of hydrogen-bond donors (Lipinski definition) is 0. The molecule has 0 amide bonds. The minimum atomic E-state index is 0.359. The Morgan fingerprint density at radius 2 is 2.17 bits per heavy atom. The summed E-state index contributed by atoms with van der Waals surface area (Å²) in [5.74, 6) is 1.58. The highest BCUT2D eigenvalue weighted by Crippen LogP contribution is 2.10. The van der Waals surface area contributed by atoms with Gasteiger partial charge in [0.25, 0.3) is 0 Å². The van der Waals surface area contributed by atoms with Crippen molar-refractivity contribution in [3.8, 4) is 0 Å². The fourth-order valence-electron chi connectivity index (χ4n) is 1.06. The van der Waals surface area contributed by atoms with Gasteiger partial charge in [0.1, 0.15) is 0 Å². The smallest absolute Gasteiger partial charge is 0.0521 e. The first-order valence-corrected chi connectivity index (χ1v) is 4.92. The number of aryl methyl sites for hydroxylation is 1. The van der Waals surface area contributed by atoms with Gasteiger partial charge in [-0.2, -0.15) is 5.10 Å². The van der Waals surface area contributed by atoms with Crippen molar-refractivity contribution in [2.24, 2.45) is 13.0 Å². The molecule has 0 saturated carbocycles. The Bertz CT molecular complexity index is 231. The average Bonchev–Trinajstić information content (AvgIpc) is 2.47. The van der Waals surface area contributed by atoms with Crippen molar-refractivity contribution in [1.29, 1.82) is 0 Å². The Morgan fingerprint density at radius 1 is 1.50 bits per heavy atom. The van der Waals surface area contributed by atoms with Crippen LogP contribution in [-0.2, 0) is 13.5 Å². The Balaban J connectivity index is 2.50. The monoisotopic (exact) mass is 206 g/mol. The van der Waals surface area contributed by atoms with Crippen LogP contribution in [0.3, 0.4) is 0 Å². The lowest BCUT2D eigenvalue weighted by Crippen LogP contribution is -2.07. The minimum Gasteiger partial charge on any atom is -0.276 e. The maximum atomic E-state index is 5.71. The molecule has 0 N–H and O–H groups in total. The van der Waals surface area contributed by atoms with Gasteiger partial charge < -0.3 is 0 Å². The normalized spacial score (nSPS) is 11.0. The van der Waals surface area contributed by atoms with Gasteiger partial charge in [-0.05, 0) is 17.9 Å². The summed E-state index contributed by atoms with van der Waals surface area (Å²) in [6.45, 7) is 0. The molecule has 0 aliphatic heterocycles. The number of alkyl halides is 2. The topological polar surface area (TPSA) is 17.8 Å². The number of hydrogen-bond acceptors (Lipinski definition) is 1. The Labute approximate surface area is 82.5 Å². The summed E-state index contributed by atoms with van der Waals surface area (Å²) in [5.41, 5.74) is 1.20. The average molecular weight is 207 g/mol. The van der Waals surface area contributed by atoms with E-state index >= 15 is 0 Å². The van der Waals surface area contributed by atoms with Crippen molar-refractivity contribution in [2.75, 3.05) is 11.8 Å². The second-order valence-electron chi connectivity index (χ2n) is 2.90. The van der Waals surface area contributed by atoms with Crippen LogP contribution in [0.2, 0.25) is 0 Å². The fourth-order valence-corrected chi connectivity index (χ4v) is 1.61. The molecule has 0 aliphatic rings. The standard InChI is InChI=1S/C8H12Cl2N2/c1-12-6-8(5-11-12)2-7(3-9)4-10/h5-7H,2-4H2,1H3. The second kappa shape index (κ2) is 4.73. The largest absolute Gasteiger partial charge is 0.276 e. The van der Waals surface area contributed by atoms with Crippen LogP contribution in [0, 0.1) is 5.92 Å². The highest BCUT2D eigenvalue weighted by Gasteiger charge is 2.07. The quantitative estimate of drug-likeness (QED) is 0.691. The third kappa shape index (κ3) is 2.68. The van der Waals surface area contributed by atoms with Crippen LogP contribution < -0.4 is 0 Å². The molecule has 2 nitrogen and oxygen atoms in total. The molecule has 12 heavy (non-hydrogen) atoms. The van der Waals surface area contributed by atoms with Crippen LogP contribution >= 0.6 is 23.2 Å². The van der Waals surface area contributed by atoms with Gasteiger partial charge in [0, 0.05) is 25.0 Å². The summed E-state index contributed by atoms with van der Waals surface area (Å²) in [7, 11) is 1.90. The molecule has 0 radical (unpaired) electrons. The third-order valence-corrected chi connectivity index (χ3v) is 2.59. The molecule has 0 aliphatic carbocycles. The highest BCUT2D eigenvalue weighted by molar-refractivity contribution is 6.20. The minimum absolute atomic E-state index is 0.359. The van der Waals surface area contributed by atoms with Crippen LogP contribution in [0.25, 0.3) is 0 Å². The molecule has 1 rings (SSSR count). The van der Waals surface area contributed by atoms with Crippen LogP contribution in [-0.4, -0.2) is 21.5 Å². The predicted octanol–water partition coefficient (Wildman–Crippen LogP) is 2.06. The van der Waals surface area contributed by atoms with E-state index in [1.165, 1.54) is 5.56 Å². The number of aromatic nitrogens is 2. The van der Waals surface area contributed by atoms with Crippen molar-refractivity contribution in [3.63, 3.8) is 0 Å². The lowest BCUT2D eigenvalue weighted by atomic mass is 10.1. The molecule has 0 aromatic carbocycles. The number of rotatable bonds is 4. The van der Waals surface area contributed by atoms with E-state index in [9.17, 15) is 0 Å². The molecule has 0 fully saturated rings. The first kappa shape index (κ1) is 9.87. The Morgan fingerprint density at radius 3 is 2.58 bits per heavy atom. The zero-order valence-corrected chi connectivity index (χ0v) is 8.52. The molecule has 1 aromatic rings. The molecule has 0 bridgehead atoms. The molecule has 0 spiro atoms. The van der Waals surface area contributed by atoms with Gasteiger partial charge in [-0.15, -0.1) is 23.2 Å². The molecule has 68 valence electrons. The predicted molar refractivity (Wildman–Crippen MR) is 51.8 cm³/mol. The van der Waals surface area contributed by atoms with E-state index < -0.39 is 0 Å². The summed E-state index contributed by atoms with van der Waals surface area (Å²) in [4.78, 5) is 0. The summed E-state index contributed by atoms with van der Waals surface area (Å²) in [6, 6.07) is 0. The molecule has 0 atom stereocenters. The van der Waals surface area contributed by atoms with Crippen LogP contribution in [0.5, 0.6) is 0 Å². The van der Waals surface area contributed by atoms with Crippen molar-refractivity contribution in [3.05, 3.63) is 18.0 Å². The lowest BCUT2D eigenvalue weighted by molar-refractivity contribution is 0.661. The van der Waals surface area contributed by atoms with Crippen LogP contribution in [0.1, 0.15) is 5.56 Å². The SMILES string of the molecule is Cn1cc(CC(CCl)CCl)cn1. The highest BCUT2D eigenvalue weighted by atomic mass is 35.5. The molecule has 1 aromatic heterocycles. The van der Waals surface area contributed by atoms with E-state index in [4.69, 9.17) is 23.2 Å². The van der Waals surface area contributed by atoms with E-state index in [2.05, 4.69) is 5.10 Å². The Hall–Kier alpha value is -0.210. The van der Waals surface area contributed by atoms with Crippen molar-refractivity contribution in [2.45, 2.75) is 6.42 Å². The van der Waals surface area contributed by atoms with Crippen molar-refractivity contribution in [1.82, 2.24) is 9.78 Å². The van der Waals surface area contributed by atoms with Gasteiger partial charge in [0.15, 0.2) is 0 Å². The maximum absolute atomic E-state index is 5.71. The number of halogens is 2. The van der Waals surface area contributed by atoms with E-state index in [1.54, 1.807) is 4.68 Å². The van der Waals surface area contributed by atoms with Gasteiger partial charge in [-0.3, -0.25) is 4.68 Å². The molecular formula is C8H12Cl2N2. The Kier molecular flexibility index (Phi) is 3.89. The molecule has 0 saturated heterocycles. The zero-order chi connectivity index (χ0) is 8.97. The van der Waals surface area contributed by atoms with Gasteiger partial charge in [0.05, 0.1) is 6.20 Å². The summed E-state index contributed by atoms with van der Waals surface area (Å²) in [6.07, 6.45) is 4.76. The molecule has 0 unspecified atom stereocenters. The van der Waals surface area contributed by atoms with E-state index in [0.29, 0.717) is 17.7 Å². The first-order chi connectivity index (χ1) is 5.76. The molecule has 4 heteroatoms. The first-order valence-electron chi connectivity index (χ1n) is 3.85. The summed E-state index contributed by atoms with van der Waals surface area (Å²) >= 11 is 11.4. The summed E-state index contributed by atoms with van der Waals surface area (Å²) in [5, 5.41) is 4.07. The molecule has 1 heterocycles. The zero-order valence-electron chi connectivity index (χ0n) is 7.00. The number of nitrogens with zero attached hydrogens (tertiary/aromatic N) is 2.